The van der Waals surface area contributed by atoms with E-state index < -0.39 is 17.9 Å². The summed E-state index contributed by atoms with van der Waals surface area (Å²) in [6.45, 7) is 3.66. The van der Waals surface area contributed by atoms with Crippen molar-refractivity contribution in [2.75, 3.05) is 11.9 Å². The van der Waals surface area contributed by atoms with Crippen LogP contribution < -0.4 is 10.6 Å². The number of aryl methyl sites for hydroxylation is 2. The number of carbonyl (C=O) groups is 2. The van der Waals surface area contributed by atoms with E-state index in [2.05, 4.69) is 10.6 Å². The Bertz CT molecular complexity index is 820. The highest BCUT2D eigenvalue weighted by atomic mass is 16.3. The number of nitrogens with zero attached hydrogens (tertiary/aromatic N) is 1. The van der Waals surface area contributed by atoms with Gasteiger partial charge in [0.2, 0.25) is 0 Å². The lowest BCUT2D eigenvalue weighted by atomic mass is 10.1. The number of hydrogen-bond donors (Lipinski definition) is 3. The normalized spacial score (nSPS) is 11.4. The number of hydrogen-bond acceptors (Lipinski definition) is 5. The Hall–Kier alpha value is -3.11. The summed E-state index contributed by atoms with van der Waals surface area (Å²) in [5.41, 5.74) is 1.21. The van der Waals surface area contributed by atoms with Gasteiger partial charge in [-0.15, -0.1) is 0 Å². The number of aliphatic hydroxyl groups excluding tert-OH is 1. The van der Waals surface area contributed by atoms with Crippen molar-refractivity contribution in [1.29, 1.82) is 5.26 Å². The van der Waals surface area contributed by atoms with Crippen LogP contribution in [0.25, 0.3) is 0 Å². The quantitative estimate of drug-likeness (QED) is 0.719. The summed E-state index contributed by atoms with van der Waals surface area (Å²) in [7, 11) is 0. The van der Waals surface area contributed by atoms with Crippen LogP contribution in [0.4, 0.5) is 5.69 Å². The van der Waals surface area contributed by atoms with E-state index in [9.17, 15) is 14.7 Å². The predicted octanol–water partition coefficient (Wildman–Crippen LogP) is 1.95. The summed E-state index contributed by atoms with van der Waals surface area (Å²) in [5, 5.41) is 23.9. The molecule has 7 nitrogen and oxygen atoms in total. The van der Waals surface area contributed by atoms with Crippen molar-refractivity contribution < 1.29 is 19.1 Å². The summed E-state index contributed by atoms with van der Waals surface area (Å²) < 4.78 is 5.35. The summed E-state index contributed by atoms with van der Waals surface area (Å²) in [6, 6.07) is 10.1. The number of nitrogens with one attached hydrogen (secondary N) is 2. The van der Waals surface area contributed by atoms with Crippen molar-refractivity contribution in [3.05, 3.63) is 53.0 Å². The number of nitriles is 1. The SMILES string of the molecule is Cc1cc(C(O)CCNC(=O)C(=O)Nc2ccccc2C#N)c(C)o1. The van der Waals surface area contributed by atoms with Gasteiger partial charge in [0.15, 0.2) is 0 Å². The summed E-state index contributed by atoms with van der Waals surface area (Å²) in [4.78, 5) is 23.7. The third-order valence-corrected chi connectivity index (χ3v) is 3.64. The van der Waals surface area contributed by atoms with Gasteiger partial charge in [0.05, 0.1) is 17.4 Å². The van der Waals surface area contributed by atoms with Gasteiger partial charge in [0.1, 0.15) is 17.6 Å². The molecule has 0 spiro atoms. The lowest BCUT2D eigenvalue weighted by molar-refractivity contribution is -0.136. The molecule has 130 valence electrons. The standard InChI is InChI=1S/C18H19N3O4/c1-11-9-14(12(2)25-11)16(22)7-8-20-17(23)18(24)21-15-6-4-3-5-13(15)10-19/h3-6,9,16,22H,7-8H2,1-2H3,(H,20,23)(H,21,24). The van der Waals surface area contributed by atoms with Crippen LogP contribution in [0.1, 0.15) is 35.2 Å². The molecule has 25 heavy (non-hydrogen) atoms. The number of amides is 2. The molecule has 1 aromatic heterocycles. The topological polar surface area (TPSA) is 115 Å². The molecule has 0 aliphatic carbocycles. The predicted molar refractivity (Wildman–Crippen MR) is 90.6 cm³/mol. The number of benzene rings is 1. The van der Waals surface area contributed by atoms with E-state index in [0.717, 1.165) is 0 Å². The minimum absolute atomic E-state index is 0.122. The first-order chi connectivity index (χ1) is 11.9. The minimum atomic E-state index is -0.868. The van der Waals surface area contributed by atoms with E-state index in [0.29, 0.717) is 17.1 Å². The highest BCUT2D eigenvalue weighted by Gasteiger charge is 2.17. The zero-order chi connectivity index (χ0) is 18.4. The number of anilines is 1. The highest BCUT2D eigenvalue weighted by molar-refractivity contribution is 6.39. The molecule has 1 atom stereocenters. The molecule has 0 saturated heterocycles. The van der Waals surface area contributed by atoms with Crippen molar-refractivity contribution in [2.45, 2.75) is 26.4 Å². The average Bonchev–Trinajstić information content (AvgIpc) is 2.93. The maximum absolute atomic E-state index is 11.9. The van der Waals surface area contributed by atoms with Crippen LogP contribution in [0.5, 0.6) is 0 Å². The summed E-state index contributed by atoms with van der Waals surface area (Å²) >= 11 is 0. The van der Waals surface area contributed by atoms with Gasteiger partial charge in [-0.25, -0.2) is 0 Å². The van der Waals surface area contributed by atoms with Gasteiger partial charge in [0, 0.05) is 12.1 Å². The van der Waals surface area contributed by atoms with Gasteiger partial charge >= 0.3 is 11.8 Å². The number of furan rings is 1. The molecule has 0 saturated carbocycles. The second-order valence-corrected chi connectivity index (χ2v) is 5.54. The summed E-state index contributed by atoms with van der Waals surface area (Å²) in [6.07, 6.45) is -0.548. The van der Waals surface area contributed by atoms with Crippen LogP contribution in [0.3, 0.4) is 0 Å². The fourth-order valence-electron chi connectivity index (χ4n) is 2.41. The van der Waals surface area contributed by atoms with Crippen LogP contribution >= 0.6 is 0 Å². The molecule has 0 bridgehead atoms. The van der Waals surface area contributed by atoms with Crippen LogP contribution in [-0.2, 0) is 9.59 Å². The highest BCUT2D eigenvalue weighted by Crippen LogP contribution is 2.23. The zero-order valence-electron chi connectivity index (χ0n) is 14.0. The molecule has 1 heterocycles. The number of para-hydroxylation sites is 1. The van der Waals surface area contributed by atoms with Crippen molar-refractivity contribution >= 4 is 17.5 Å². The maximum Gasteiger partial charge on any atom is 0.313 e. The molecule has 2 aromatic rings. The molecule has 3 N–H and O–H groups in total. The van der Waals surface area contributed by atoms with E-state index in [1.54, 1.807) is 38.1 Å². The molecule has 7 heteroatoms. The van der Waals surface area contributed by atoms with Gasteiger partial charge in [-0.2, -0.15) is 5.26 Å². The number of aliphatic hydroxyl groups is 1. The van der Waals surface area contributed by atoms with Gasteiger partial charge < -0.3 is 20.2 Å². The monoisotopic (exact) mass is 341 g/mol. The van der Waals surface area contributed by atoms with Crippen LogP contribution in [0.2, 0.25) is 0 Å². The molecule has 2 amide bonds. The van der Waals surface area contributed by atoms with Gasteiger partial charge in [-0.05, 0) is 38.5 Å². The van der Waals surface area contributed by atoms with E-state index in [4.69, 9.17) is 9.68 Å². The Labute approximate surface area is 145 Å². The van der Waals surface area contributed by atoms with Crippen LogP contribution in [0.15, 0.2) is 34.7 Å². The molecule has 0 fully saturated rings. The Morgan fingerprint density at radius 2 is 2.00 bits per heavy atom. The zero-order valence-corrected chi connectivity index (χ0v) is 14.0. The largest absolute Gasteiger partial charge is 0.466 e. The molecule has 1 unspecified atom stereocenters. The first kappa shape index (κ1) is 18.2. The third kappa shape index (κ3) is 4.68. The van der Waals surface area contributed by atoms with Gasteiger partial charge in [-0.1, -0.05) is 12.1 Å². The first-order valence-electron chi connectivity index (χ1n) is 7.75. The molecule has 0 aliphatic heterocycles. The van der Waals surface area contributed by atoms with E-state index >= 15 is 0 Å². The van der Waals surface area contributed by atoms with Crippen molar-refractivity contribution in [2.24, 2.45) is 0 Å². The average molecular weight is 341 g/mol. The Kier molecular flexibility index (Phi) is 5.93. The Balaban J connectivity index is 1.85. The number of carbonyl (C=O) groups excluding carboxylic acids is 2. The second-order valence-electron chi connectivity index (χ2n) is 5.54. The number of rotatable bonds is 5. The summed E-state index contributed by atoms with van der Waals surface area (Å²) in [5.74, 6) is -0.374. The molecule has 0 radical (unpaired) electrons. The van der Waals surface area contributed by atoms with Crippen molar-refractivity contribution in [1.82, 2.24) is 5.32 Å². The lowest BCUT2D eigenvalue weighted by Gasteiger charge is -2.11. The lowest BCUT2D eigenvalue weighted by Crippen LogP contribution is -2.36. The van der Waals surface area contributed by atoms with Crippen LogP contribution in [-0.4, -0.2) is 23.5 Å². The Morgan fingerprint density at radius 1 is 1.28 bits per heavy atom. The molecule has 1 aromatic carbocycles. The minimum Gasteiger partial charge on any atom is -0.466 e. The smallest absolute Gasteiger partial charge is 0.313 e. The first-order valence-corrected chi connectivity index (χ1v) is 7.75. The Morgan fingerprint density at radius 3 is 2.64 bits per heavy atom. The maximum atomic E-state index is 11.9. The molecule has 0 aliphatic rings. The van der Waals surface area contributed by atoms with Crippen molar-refractivity contribution in [3.63, 3.8) is 0 Å². The van der Waals surface area contributed by atoms with Gasteiger partial charge in [0.25, 0.3) is 0 Å². The van der Waals surface area contributed by atoms with E-state index in [1.165, 1.54) is 6.07 Å². The molecular weight excluding hydrogens is 322 g/mol. The molecule has 2 rings (SSSR count). The second kappa shape index (κ2) is 8.13. The van der Waals surface area contributed by atoms with E-state index in [1.807, 2.05) is 6.07 Å². The van der Waals surface area contributed by atoms with Gasteiger partial charge in [-0.3, -0.25) is 9.59 Å². The van der Waals surface area contributed by atoms with Crippen LogP contribution in [0, 0.1) is 25.2 Å². The van der Waals surface area contributed by atoms with Crippen molar-refractivity contribution in [3.8, 4) is 6.07 Å². The third-order valence-electron chi connectivity index (χ3n) is 3.64. The van der Waals surface area contributed by atoms with E-state index in [-0.39, 0.29) is 24.2 Å². The fraction of sp³-hybridized carbons (Fsp3) is 0.278. The fourth-order valence-corrected chi connectivity index (χ4v) is 2.41. The molecular formula is C18H19N3O4.